The Morgan fingerprint density at radius 1 is 0.750 bits per heavy atom. The van der Waals surface area contributed by atoms with Crippen LogP contribution in [0.15, 0.2) is 126 Å². The Balaban J connectivity index is 0.000000168. The Morgan fingerprint density at radius 3 is 2.17 bits per heavy atom. The molecule has 260 valence electrons. The molecular weight excluding hydrogens is 651 g/mol. The Bertz CT molecular complexity index is 2330. The first-order valence-electron chi connectivity index (χ1n) is 17.3. The topological polar surface area (TPSA) is 136 Å². The molecule has 4 heterocycles. The molecule has 0 radical (unpaired) electrons. The van der Waals surface area contributed by atoms with E-state index in [2.05, 4.69) is 40.6 Å². The summed E-state index contributed by atoms with van der Waals surface area (Å²) >= 11 is 0. The zero-order chi connectivity index (χ0) is 35.1. The van der Waals surface area contributed by atoms with E-state index in [1.165, 1.54) is 5.56 Å². The van der Waals surface area contributed by atoms with Crippen molar-refractivity contribution < 1.29 is 14.4 Å². The van der Waals surface area contributed by atoms with Gasteiger partial charge in [-0.05, 0) is 56.0 Å². The fourth-order valence-corrected chi connectivity index (χ4v) is 7.35. The fraction of sp³-hybridized carbons (Fsp3) is 0.190. The van der Waals surface area contributed by atoms with Gasteiger partial charge in [0.05, 0.1) is 22.6 Å². The summed E-state index contributed by atoms with van der Waals surface area (Å²) in [6, 6.07) is 37.9. The number of aromatic nitrogens is 3. The molecule has 10 nitrogen and oxygen atoms in total. The molecule has 3 aliphatic heterocycles. The van der Waals surface area contributed by atoms with Gasteiger partial charge >= 0.3 is 0 Å². The van der Waals surface area contributed by atoms with Crippen molar-refractivity contribution in [1.29, 1.82) is 0 Å². The number of hydrogen-bond acceptors (Lipinski definition) is 7. The average molecular weight is 690 g/mol. The first-order valence-corrected chi connectivity index (χ1v) is 17.3. The molecule has 0 fully saturated rings. The minimum atomic E-state index is -0.539. The number of fused-ring (bicyclic) bond motifs is 2. The number of nitrogens with zero attached hydrogens (tertiary/aromatic N) is 6. The molecule has 0 saturated carbocycles. The third kappa shape index (κ3) is 5.96. The molecule has 0 bridgehead atoms. The van der Waals surface area contributed by atoms with Gasteiger partial charge in [-0.3, -0.25) is 19.4 Å². The lowest BCUT2D eigenvalue weighted by atomic mass is 9.98. The quantitative estimate of drug-likeness (QED) is 0.198. The van der Waals surface area contributed by atoms with E-state index in [1.54, 1.807) is 27.8 Å². The molecule has 0 saturated heterocycles. The van der Waals surface area contributed by atoms with E-state index < -0.39 is 6.04 Å². The van der Waals surface area contributed by atoms with Gasteiger partial charge in [-0.25, -0.2) is 4.68 Å². The van der Waals surface area contributed by atoms with Gasteiger partial charge in [0, 0.05) is 35.3 Å². The maximum atomic E-state index is 13.5. The lowest BCUT2D eigenvalue weighted by Gasteiger charge is -2.23. The number of anilines is 2. The van der Waals surface area contributed by atoms with Gasteiger partial charge in [0.15, 0.2) is 5.78 Å². The smallest absolute Gasteiger partial charge is 0.251 e. The van der Waals surface area contributed by atoms with E-state index in [0.717, 1.165) is 58.5 Å². The minimum Gasteiger partial charge on any atom is -0.344 e. The van der Waals surface area contributed by atoms with Crippen LogP contribution in [-0.4, -0.2) is 57.4 Å². The van der Waals surface area contributed by atoms with E-state index in [4.69, 9.17) is 4.99 Å². The van der Waals surface area contributed by atoms with Crippen LogP contribution in [0.4, 0.5) is 11.4 Å². The van der Waals surface area contributed by atoms with Crippen LogP contribution in [0.5, 0.6) is 0 Å². The summed E-state index contributed by atoms with van der Waals surface area (Å²) in [5.41, 5.74) is 9.85. The number of carbonyl (C=O) groups excluding carboxylic acids is 3. The van der Waals surface area contributed by atoms with Gasteiger partial charge in [-0.2, -0.15) is 0 Å². The lowest BCUT2D eigenvalue weighted by molar-refractivity contribution is -0.121. The first-order chi connectivity index (χ1) is 24.9. The van der Waals surface area contributed by atoms with Crippen LogP contribution in [0.1, 0.15) is 58.1 Å². The van der Waals surface area contributed by atoms with Gasteiger partial charge < -0.3 is 16.0 Å². The van der Waals surface area contributed by atoms with E-state index in [-0.39, 0.29) is 29.8 Å². The van der Waals surface area contributed by atoms with Gasteiger partial charge in [0.25, 0.3) is 11.8 Å². The molecule has 2 amide bonds. The third-order valence-electron chi connectivity index (χ3n) is 9.89. The molecule has 0 spiro atoms. The molecule has 52 heavy (non-hydrogen) atoms. The Morgan fingerprint density at radius 2 is 1.40 bits per heavy atom. The van der Waals surface area contributed by atoms with Crippen LogP contribution >= 0.6 is 0 Å². The summed E-state index contributed by atoms with van der Waals surface area (Å²) in [4.78, 5) is 47.6. The molecule has 0 aliphatic carbocycles. The largest absolute Gasteiger partial charge is 0.344 e. The van der Waals surface area contributed by atoms with E-state index in [0.29, 0.717) is 23.4 Å². The summed E-state index contributed by atoms with van der Waals surface area (Å²) in [6.07, 6.45) is 1.66. The second-order valence-corrected chi connectivity index (χ2v) is 13.0. The molecule has 2 unspecified atom stereocenters. The van der Waals surface area contributed by atoms with E-state index in [9.17, 15) is 14.4 Å². The van der Waals surface area contributed by atoms with Crippen molar-refractivity contribution in [2.75, 3.05) is 22.9 Å². The molecule has 3 aliphatic rings. The summed E-state index contributed by atoms with van der Waals surface area (Å²) in [5.74, 6) is -0.0733. The van der Waals surface area contributed by atoms with Gasteiger partial charge in [0.2, 0.25) is 0 Å². The van der Waals surface area contributed by atoms with Crippen molar-refractivity contribution in [3.8, 4) is 0 Å². The highest BCUT2D eigenvalue weighted by Crippen LogP contribution is 2.37. The molecule has 1 aromatic heterocycles. The number of rotatable bonds is 5. The van der Waals surface area contributed by atoms with Gasteiger partial charge in [-0.1, -0.05) is 108 Å². The molecule has 3 N–H and O–H groups in total. The zero-order valence-electron chi connectivity index (χ0n) is 29.1. The van der Waals surface area contributed by atoms with E-state index in [1.807, 2.05) is 91.5 Å². The van der Waals surface area contributed by atoms with Crippen molar-refractivity contribution in [2.24, 2.45) is 4.99 Å². The third-order valence-corrected chi connectivity index (χ3v) is 9.89. The van der Waals surface area contributed by atoms with Gasteiger partial charge in [-0.15, -0.1) is 5.10 Å². The SMILES string of the molecule is CC(C(=O)N1CCc2cccc(C(=O)c3ccccc3)c21)n1nnc2ccccc21.CC1N=C(c2ccccc2)c2cccc3c2N(CC3)C1=O.N. The number of hydrogen-bond donors (Lipinski definition) is 1. The molecule has 10 heteroatoms. The van der Waals surface area contributed by atoms with Crippen molar-refractivity contribution in [3.05, 3.63) is 155 Å². The number of benzene rings is 5. The Hall–Kier alpha value is -6.26. The highest BCUT2D eigenvalue weighted by atomic mass is 16.2. The Labute approximate surface area is 302 Å². The van der Waals surface area contributed by atoms with Crippen LogP contribution in [0.25, 0.3) is 11.0 Å². The summed E-state index contributed by atoms with van der Waals surface area (Å²) < 4.78 is 1.65. The minimum absolute atomic E-state index is 0. The summed E-state index contributed by atoms with van der Waals surface area (Å²) in [5, 5.41) is 8.37. The van der Waals surface area contributed by atoms with E-state index >= 15 is 0 Å². The predicted molar refractivity (Wildman–Crippen MR) is 204 cm³/mol. The second-order valence-electron chi connectivity index (χ2n) is 13.0. The predicted octanol–water partition coefficient (Wildman–Crippen LogP) is 6.79. The maximum absolute atomic E-state index is 13.5. The lowest BCUT2D eigenvalue weighted by Crippen LogP contribution is -2.36. The van der Waals surface area contributed by atoms with Crippen LogP contribution in [0.3, 0.4) is 0 Å². The number of aliphatic imine (C=N–C) groups is 1. The summed E-state index contributed by atoms with van der Waals surface area (Å²) in [6.45, 7) is 5.02. The monoisotopic (exact) mass is 689 g/mol. The van der Waals surface area contributed by atoms with Crippen molar-refractivity contribution in [1.82, 2.24) is 21.1 Å². The molecule has 9 rings (SSSR count). The maximum Gasteiger partial charge on any atom is 0.251 e. The molecule has 5 aromatic carbocycles. The van der Waals surface area contributed by atoms with Crippen LogP contribution in [0.2, 0.25) is 0 Å². The Kier molecular flexibility index (Phi) is 9.32. The number of carbonyl (C=O) groups is 3. The second kappa shape index (κ2) is 14.2. The molecule has 2 atom stereocenters. The van der Waals surface area contributed by atoms with Crippen molar-refractivity contribution >= 4 is 45.7 Å². The average Bonchev–Trinajstić information content (AvgIpc) is 3.92. The number of amides is 2. The van der Waals surface area contributed by atoms with Gasteiger partial charge in [0.1, 0.15) is 17.6 Å². The normalized spacial score (nSPS) is 16.2. The van der Waals surface area contributed by atoms with Crippen molar-refractivity contribution in [3.63, 3.8) is 0 Å². The number of ketones is 1. The number of para-hydroxylation sites is 3. The molecule has 6 aromatic rings. The van der Waals surface area contributed by atoms with Crippen LogP contribution < -0.4 is 16.0 Å². The summed E-state index contributed by atoms with van der Waals surface area (Å²) in [7, 11) is 0. The van der Waals surface area contributed by atoms with Crippen LogP contribution in [-0.2, 0) is 22.4 Å². The van der Waals surface area contributed by atoms with Crippen molar-refractivity contribution in [2.45, 2.75) is 38.8 Å². The fourth-order valence-electron chi connectivity index (χ4n) is 7.35. The highest BCUT2D eigenvalue weighted by Gasteiger charge is 2.35. The van der Waals surface area contributed by atoms with Crippen LogP contribution in [0, 0.1) is 0 Å². The highest BCUT2D eigenvalue weighted by molar-refractivity contribution is 6.21. The molecular formula is C42H39N7O3. The standard InChI is InChI=1S/C24H20N4O2.C18H16N2O.H3N/c1-16(28-21-13-6-5-12-20(21)25-26-28)24(30)27-15-14-17-10-7-11-19(22(17)27)23(29)18-8-3-2-4-9-18;1-12-18(21)20-11-10-14-8-5-9-15(17(14)20)16(19-12)13-6-3-2-4-7-13;/h2-13,16H,14-15H2,1H3;2-9,12H,10-11H2,1H3;1H3. The first kappa shape index (κ1) is 34.2. The zero-order valence-corrected chi connectivity index (χ0v) is 29.1.